The summed E-state index contributed by atoms with van der Waals surface area (Å²) in [5.74, 6) is -0.878. The Bertz CT molecular complexity index is 5490. The average molecular weight is 2460 g/mol. The topological polar surface area (TPSA) is 587 Å². The van der Waals surface area contributed by atoms with Crippen molar-refractivity contribution in [2.75, 3.05) is 114 Å². The number of aldehydes is 1. The van der Waals surface area contributed by atoms with Crippen LogP contribution in [0.4, 0.5) is 23.3 Å². The number of alkyl halides is 1. The first kappa shape index (κ1) is 134. The summed E-state index contributed by atoms with van der Waals surface area (Å²) in [5.41, 5.74) is 27.4. The van der Waals surface area contributed by atoms with E-state index in [9.17, 15) is 38.1 Å². The van der Waals surface area contributed by atoms with Gasteiger partial charge in [0, 0.05) is 151 Å². The molecule has 11 aromatic rings. The maximum absolute atomic E-state index is 12.2. The van der Waals surface area contributed by atoms with Gasteiger partial charge in [0.05, 0.1) is 45.1 Å². The Hall–Kier alpha value is -5.60. The third-order valence-corrected chi connectivity index (χ3v) is 22.2. The van der Waals surface area contributed by atoms with Gasteiger partial charge in [-0.05, 0) is 114 Å². The van der Waals surface area contributed by atoms with Crippen molar-refractivity contribution in [3.8, 4) is 0 Å². The first-order valence-corrected chi connectivity index (χ1v) is 49.3. The number of aliphatic hydroxyl groups is 1. The van der Waals surface area contributed by atoms with E-state index in [0.717, 1.165) is 26.1 Å². The number of thioether (sulfide) groups is 7. The second-order valence-electron chi connectivity index (χ2n) is 21.9. The number of nitrogens with zero attached hydrogens (tertiary/aromatic N) is 15. The number of anilines is 4. The number of fused-ring (bicyclic) bond motifs is 2. The van der Waals surface area contributed by atoms with Crippen molar-refractivity contribution in [2.45, 2.75) is 97.1 Å². The van der Waals surface area contributed by atoms with Crippen molar-refractivity contribution in [3.05, 3.63) is 196 Å². The van der Waals surface area contributed by atoms with Crippen LogP contribution in [0.2, 0.25) is 5.15 Å². The van der Waals surface area contributed by atoms with E-state index in [1.807, 2.05) is 86.3 Å². The largest absolute Gasteiger partial charge is 0 e. The monoisotopic (exact) mass is 2460 g/mol. The summed E-state index contributed by atoms with van der Waals surface area (Å²) in [6.45, 7) is 8.45. The van der Waals surface area contributed by atoms with Gasteiger partial charge in [0.15, 0.2) is 42.4 Å². The number of ether oxygens (including phenoxy) is 4. The predicted octanol–water partition coefficient (Wildman–Crippen LogP) is 8.73. The smallest absolute Gasteiger partial charge is 0 e. The van der Waals surface area contributed by atoms with Gasteiger partial charge in [0.1, 0.15) is 57.0 Å². The molecule has 0 spiro atoms. The van der Waals surface area contributed by atoms with Gasteiger partial charge in [-0.15, -0.1) is 0 Å². The van der Waals surface area contributed by atoms with E-state index in [1.165, 1.54) is 150 Å². The summed E-state index contributed by atoms with van der Waals surface area (Å²) >= 11 is 24.5. The molecule has 0 saturated heterocycles. The molecule has 0 aliphatic heterocycles. The fourth-order valence-electron chi connectivity index (χ4n) is 8.09. The number of aliphatic hydroxyl groups excluding tert-OH is 1. The van der Waals surface area contributed by atoms with Crippen molar-refractivity contribution >= 4 is 239 Å². The second-order valence-corrected chi connectivity index (χ2v) is 32.4. The van der Waals surface area contributed by atoms with Crippen LogP contribution in [0.15, 0.2) is 177 Å². The first-order chi connectivity index (χ1) is 60.4. The molecule has 11 rings (SSSR count). The van der Waals surface area contributed by atoms with Gasteiger partial charge in [-0.25, -0.2) is 84.2 Å². The number of nitrogen functional groups attached to an aromatic ring is 4. The predicted molar refractivity (Wildman–Crippen MR) is 521 cm³/mol. The molecular formula is C76H101BBr3ClMnN21Na2O17PS7U. The zero-order chi connectivity index (χ0) is 94.7. The number of esters is 4. The van der Waals surface area contributed by atoms with Crippen molar-refractivity contribution in [2.24, 2.45) is 0 Å². The van der Waals surface area contributed by atoms with E-state index >= 15 is 0 Å². The number of H-pyrrole nitrogens is 1. The standard InChI is InChI=1S/C15H12BrN3OS.C10H13N3O2S.C8H9ClN2O2S.C8H11N3O2S.C8H7N3OS.C7H6Br2.C6H9N3OS.C6H7N3OS.C6H13O5P.2CH4.BH.Mn.H3N.2Na.2O.U.2H/c1-21-15-17-8-10-6-7-13(20)19(14(10)18-15)9-11-4-2-3-5-12(11)16;1-3-15-8(14)5-4-7-6-12-10(16-2)13-9(7)11;2*1-3-13-7(12)5-4-10-8(14-2)11-6(5)9;1-13-8-9-4-5-2-3-6(12)10-7(5)11-8;8-5-6-3-1-2-4-7(6)9;2*1-11-6-8-2-4(3-10)5(7)9-6;1-4-11-6(7)5-12(8,9-2)10-3;;;;;;;;;;;;/h2-8H,9H2,1H3;4-6H,3H2,1-2H3,(H2,11,12,13);4H,3H2,1-2H3;4H,3H2,1-2H3,(H2,9,10,11);2-4H,1H3,(H,9,10,11,12);1-4H,5H2;2,10H,3H2,1H3,(H2,7,8,9);2-3H,1H3,(H2,7,8,9);4-5H2,1-3H3;2*1H4;1H;;1H3;;;;;;;/q;;;;;;;;;;;;;;2*+1;;;;2*-1/b;5-4+;;;;;;;;;;;;;;;;;;;/i;;;;;;;;;;;1D;;;;;;;;;. The van der Waals surface area contributed by atoms with Crippen LogP contribution in [0.25, 0.3) is 28.1 Å². The molecule has 0 amide bonds. The van der Waals surface area contributed by atoms with Crippen molar-refractivity contribution in [1.82, 2.24) is 85.5 Å². The van der Waals surface area contributed by atoms with Gasteiger partial charge in [-0.3, -0.25) is 28.3 Å². The summed E-state index contributed by atoms with van der Waals surface area (Å²) in [6.07, 6.45) is 26.9. The van der Waals surface area contributed by atoms with Crippen molar-refractivity contribution in [1.29, 1.82) is 1.34 Å². The van der Waals surface area contributed by atoms with Crippen LogP contribution in [-0.2, 0) is 83.1 Å². The first-order valence-electron chi connectivity index (χ1n) is 35.5. The quantitative estimate of drug-likeness (QED) is 0.00284. The molecule has 9 aromatic heterocycles. The number of aromatic nitrogens is 16. The molecule has 0 saturated carbocycles. The van der Waals surface area contributed by atoms with E-state index in [1.54, 1.807) is 69.1 Å². The van der Waals surface area contributed by atoms with Crippen LogP contribution < -0.4 is 99.3 Å². The molecule has 0 unspecified atom stereocenters. The summed E-state index contributed by atoms with van der Waals surface area (Å²) < 4.78 is 65.1. The third-order valence-electron chi connectivity index (χ3n) is 14.0. The van der Waals surface area contributed by atoms with E-state index in [2.05, 4.69) is 151 Å². The number of rotatable bonds is 24. The van der Waals surface area contributed by atoms with Gasteiger partial charge in [0.25, 0.3) is 5.56 Å². The van der Waals surface area contributed by atoms with E-state index in [-0.39, 0.29) is 172 Å². The molecule has 13 N–H and O–H groups in total. The molecule has 703 valence electrons. The van der Waals surface area contributed by atoms with Gasteiger partial charge in [-0.2, -0.15) is 0 Å². The Morgan fingerprint density at radius 1 is 0.565 bits per heavy atom. The Kier molecular flexibility index (Phi) is 80.2. The van der Waals surface area contributed by atoms with Crippen LogP contribution in [0.5, 0.6) is 0 Å². The number of benzene rings is 2. The maximum atomic E-state index is 12.2. The van der Waals surface area contributed by atoms with Gasteiger partial charge in [-0.1, -0.05) is 193 Å². The minimum atomic E-state index is -3.24. The van der Waals surface area contributed by atoms with E-state index < -0.39 is 46.3 Å². The zero-order valence-corrected chi connectivity index (χ0v) is 93.8. The fourth-order valence-corrected chi connectivity index (χ4v) is 13.3. The van der Waals surface area contributed by atoms with Crippen LogP contribution in [0, 0.1) is 31.1 Å². The van der Waals surface area contributed by atoms with Gasteiger partial charge in [0.2, 0.25) is 5.56 Å². The molecule has 2 radical (unpaired) electrons. The minimum absolute atomic E-state index is 0. The zero-order valence-electron chi connectivity index (χ0n) is 75.3. The summed E-state index contributed by atoms with van der Waals surface area (Å²) in [4.78, 5) is 137. The maximum Gasteiger partial charge on any atom is 0 e. The summed E-state index contributed by atoms with van der Waals surface area (Å²) in [7, 11) is 2.96. The number of nitrogens with two attached hydrogens (primary N) is 4. The minimum Gasteiger partial charge on any atom is 0 e. The number of pyridine rings is 2. The normalized spacial score (nSPS) is 9.68. The number of nitrogens with one attached hydrogen (secondary N) is 1. The number of aromatic amines is 1. The van der Waals surface area contributed by atoms with Crippen molar-refractivity contribution < 1.29 is 177 Å². The Balaban J connectivity index is -0.000000221. The molecule has 0 aliphatic rings. The number of hydrogen-bond donors (Lipinski definition) is 7. The summed E-state index contributed by atoms with van der Waals surface area (Å²) in [6, 6.07) is 22.5. The molecule has 131 heavy (non-hydrogen) atoms. The van der Waals surface area contributed by atoms with E-state index in [0.29, 0.717) is 108 Å². The summed E-state index contributed by atoms with van der Waals surface area (Å²) in [5, 5.41) is 15.7. The molecular weight excluding hydrogens is 2360 g/mol. The Labute approximate surface area is 899 Å². The van der Waals surface area contributed by atoms with Crippen LogP contribution in [-0.4, -0.2) is 215 Å². The molecule has 0 aliphatic carbocycles. The Morgan fingerprint density at radius 3 is 1.40 bits per heavy atom. The molecule has 0 fully saturated rings. The molecule has 9 heterocycles. The number of halogens is 4. The van der Waals surface area contributed by atoms with Crippen LogP contribution >= 0.6 is 149 Å². The van der Waals surface area contributed by atoms with Crippen molar-refractivity contribution in [3.63, 3.8) is 0 Å². The SMILES string of the molecule is BrCc1ccccc1Br.C.C.CCOC(=O)/C=C/c1cnc(SC)nc1N.CCOC(=O)CP(=O)(OC)OC.CCOC(=O)c1cnc(SC)nc1Cl.CCOC(=O)c1cnc(SC)nc1N.CSc1ncc(C=O)c(N)n1.CSc1ncc(CO)c(N)n1.CSc1ncc2ccc(=O)[nH]c2n1.CSc1ncc2ccc(=O)n(Cc3ccccc3Br)c2n1.N.[2H][B].[H-].[H-].[Na+].[Na+].[O]=[Mn]=[O].[U]. The Morgan fingerprint density at radius 2 is 0.969 bits per heavy atom. The number of carbonyl (C=O) groups is 5. The second kappa shape index (κ2) is 78.4. The molecule has 55 heteroatoms. The van der Waals surface area contributed by atoms with Crippen LogP contribution in [0.1, 0.15) is 98.7 Å². The third kappa shape index (κ3) is 52.0. The molecule has 0 bridgehead atoms. The average Bonchev–Trinajstić information content (AvgIpc) is 0.788. The van der Waals surface area contributed by atoms with Crippen LogP contribution in [0.3, 0.4) is 0 Å². The van der Waals surface area contributed by atoms with Gasteiger partial charge < -0.3 is 70.0 Å². The van der Waals surface area contributed by atoms with E-state index in [4.69, 9.17) is 62.9 Å². The number of hydrogen-bond acceptors (Lipinski definition) is 43. The number of carbonyl (C=O) groups excluding carboxylic acids is 5. The fraction of sp³-hybridized carbons (Fsp3) is 0.303. The molecule has 0 atom stereocenters. The molecule has 2 aromatic carbocycles. The van der Waals surface area contributed by atoms with Gasteiger partial charge >= 0.3 is 113 Å². The molecule has 38 nitrogen and oxygen atoms in total.